The zero-order valence-corrected chi connectivity index (χ0v) is 14.5. The van der Waals surface area contributed by atoms with Crippen molar-refractivity contribution in [2.24, 2.45) is 7.05 Å². The van der Waals surface area contributed by atoms with Crippen LogP contribution in [0.4, 0.5) is 0 Å². The molecule has 0 N–H and O–H groups in total. The second-order valence-electron chi connectivity index (χ2n) is 6.24. The van der Waals surface area contributed by atoms with Gasteiger partial charge in [0.2, 0.25) is 0 Å². The first kappa shape index (κ1) is 17.1. The van der Waals surface area contributed by atoms with E-state index in [-0.39, 0.29) is 6.10 Å². The molecule has 6 heteroatoms. The maximum absolute atomic E-state index is 6.10. The third-order valence-electron chi connectivity index (χ3n) is 4.68. The largest absolute Gasteiger partial charge is 0.382 e. The van der Waals surface area contributed by atoms with E-state index in [1.54, 1.807) is 7.11 Å². The molecule has 0 aromatic carbocycles. The van der Waals surface area contributed by atoms with E-state index in [1.807, 2.05) is 31.8 Å². The number of pyridine rings is 1. The standard InChI is InChI=1S/C18H26N4O2/c1-21-10-8-20-18(21)14-22-9-5-17(24-12-11-23-2)16(22)13-15-3-6-19-7-4-15/h3-4,6-8,10,16-17H,5,9,11-14H2,1-2H3/t16-,17-/m0/s1. The van der Waals surface area contributed by atoms with E-state index in [0.29, 0.717) is 19.3 Å². The minimum Gasteiger partial charge on any atom is -0.382 e. The number of likely N-dealkylation sites (tertiary alicyclic amines) is 1. The van der Waals surface area contributed by atoms with Crippen molar-refractivity contribution in [1.29, 1.82) is 0 Å². The van der Waals surface area contributed by atoms with Crippen LogP contribution < -0.4 is 0 Å². The summed E-state index contributed by atoms with van der Waals surface area (Å²) in [5.74, 6) is 1.09. The summed E-state index contributed by atoms with van der Waals surface area (Å²) in [6.45, 7) is 3.16. The Morgan fingerprint density at radius 2 is 2.04 bits per heavy atom. The topological polar surface area (TPSA) is 52.4 Å². The van der Waals surface area contributed by atoms with E-state index in [4.69, 9.17) is 9.47 Å². The molecule has 1 aliphatic heterocycles. The molecule has 0 unspecified atom stereocenters. The molecule has 130 valence electrons. The molecule has 0 spiro atoms. The van der Waals surface area contributed by atoms with Crippen molar-refractivity contribution in [2.45, 2.75) is 31.5 Å². The number of rotatable bonds is 8. The first-order chi connectivity index (χ1) is 11.8. The number of nitrogens with zero attached hydrogens (tertiary/aromatic N) is 4. The van der Waals surface area contributed by atoms with Gasteiger partial charge in [0.25, 0.3) is 0 Å². The van der Waals surface area contributed by atoms with Crippen LogP contribution in [-0.2, 0) is 29.5 Å². The van der Waals surface area contributed by atoms with Crippen LogP contribution in [0.5, 0.6) is 0 Å². The number of hydrogen-bond donors (Lipinski definition) is 0. The Hall–Kier alpha value is -1.76. The molecule has 0 bridgehead atoms. The Bertz CT molecular complexity index is 616. The van der Waals surface area contributed by atoms with Gasteiger partial charge < -0.3 is 14.0 Å². The Balaban J connectivity index is 1.70. The summed E-state index contributed by atoms with van der Waals surface area (Å²) in [7, 11) is 3.75. The Labute approximate surface area is 143 Å². The minimum atomic E-state index is 0.230. The number of imidazole rings is 1. The van der Waals surface area contributed by atoms with Gasteiger partial charge in [-0.3, -0.25) is 9.88 Å². The van der Waals surface area contributed by atoms with Crippen molar-refractivity contribution in [2.75, 3.05) is 26.9 Å². The smallest absolute Gasteiger partial charge is 0.122 e. The molecule has 2 aromatic rings. The zero-order valence-electron chi connectivity index (χ0n) is 14.5. The van der Waals surface area contributed by atoms with Crippen LogP contribution in [0.2, 0.25) is 0 Å². The molecule has 0 aliphatic carbocycles. The van der Waals surface area contributed by atoms with Crippen LogP contribution in [-0.4, -0.2) is 58.4 Å². The average molecular weight is 330 g/mol. The van der Waals surface area contributed by atoms with Crippen LogP contribution in [0.3, 0.4) is 0 Å². The second-order valence-corrected chi connectivity index (χ2v) is 6.24. The maximum atomic E-state index is 6.10. The fraction of sp³-hybridized carbons (Fsp3) is 0.556. The SMILES string of the molecule is COCCO[C@H]1CCN(Cc2nccn2C)[C@H]1Cc1ccncc1. The van der Waals surface area contributed by atoms with Gasteiger partial charge in [-0.05, 0) is 30.5 Å². The predicted octanol–water partition coefficient (Wildman–Crippen LogP) is 1.66. The molecule has 2 aromatic heterocycles. The van der Waals surface area contributed by atoms with E-state index in [9.17, 15) is 0 Å². The minimum absolute atomic E-state index is 0.230. The monoisotopic (exact) mass is 330 g/mol. The van der Waals surface area contributed by atoms with Crippen LogP contribution in [0.25, 0.3) is 0 Å². The van der Waals surface area contributed by atoms with Gasteiger partial charge in [0.05, 0.1) is 25.9 Å². The highest BCUT2D eigenvalue weighted by molar-refractivity contribution is 5.13. The van der Waals surface area contributed by atoms with Crippen LogP contribution >= 0.6 is 0 Å². The van der Waals surface area contributed by atoms with Gasteiger partial charge in [-0.2, -0.15) is 0 Å². The quantitative estimate of drug-likeness (QED) is 0.689. The van der Waals surface area contributed by atoms with Gasteiger partial charge >= 0.3 is 0 Å². The summed E-state index contributed by atoms with van der Waals surface area (Å²) in [5.41, 5.74) is 1.29. The molecule has 1 aliphatic rings. The second kappa shape index (κ2) is 8.37. The number of aromatic nitrogens is 3. The third-order valence-corrected chi connectivity index (χ3v) is 4.68. The maximum Gasteiger partial charge on any atom is 0.122 e. The fourth-order valence-corrected chi connectivity index (χ4v) is 3.31. The number of methoxy groups -OCH3 is 1. The first-order valence-corrected chi connectivity index (χ1v) is 8.47. The van der Waals surface area contributed by atoms with Gasteiger partial charge in [-0.15, -0.1) is 0 Å². The van der Waals surface area contributed by atoms with Gasteiger partial charge in [0, 0.05) is 51.5 Å². The number of aryl methyl sites for hydroxylation is 1. The fourth-order valence-electron chi connectivity index (χ4n) is 3.31. The predicted molar refractivity (Wildman–Crippen MR) is 91.6 cm³/mol. The lowest BCUT2D eigenvalue weighted by Crippen LogP contribution is -2.38. The Morgan fingerprint density at radius 3 is 2.75 bits per heavy atom. The summed E-state index contributed by atoms with van der Waals surface area (Å²) >= 11 is 0. The zero-order chi connectivity index (χ0) is 16.8. The summed E-state index contributed by atoms with van der Waals surface area (Å²) in [6.07, 6.45) is 9.80. The van der Waals surface area contributed by atoms with Crippen molar-refractivity contribution in [3.8, 4) is 0 Å². The van der Waals surface area contributed by atoms with Crippen molar-refractivity contribution in [3.63, 3.8) is 0 Å². The van der Waals surface area contributed by atoms with Gasteiger partial charge in [0.15, 0.2) is 0 Å². The van der Waals surface area contributed by atoms with E-state index < -0.39 is 0 Å². The lowest BCUT2D eigenvalue weighted by atomic mass is 10.0. The van der Waals surface area contributed by atoms with E-state index >= 15 is 0 Å². The summed E-state index contributed by atoms with van der Waals surface area (Å²) in [6, 6.07) is 4.52. The van der Waals surface area contributed by atoms with Crippen molar-refractivity contribution < 1.29 is 9.47 Å². The van der Waals surface area contributed by atoms with Crippen molar-refractivity contribution in [1.82, 2.24) is 19.4 Å². The molecule has 24 heavy (non-hydrogen) atoms. The van der Waals surface area contributed by atoms with Crippen molar-refractivity contribution in [3.05, 3.63) is 48.3 Å². The number of hydrogen-bond acceptors (Lipinski definition) is 5. The molecule has 6 nitrogen and oxygen atoms in total. The van der Waals surface area contributed by atoms with Gasteiger partial charge in [-0.1, -0.05) is 0 Å². The van der Waals surface area contributed by atoms with Gasteiger partial charge in [0.1, 0.15) is 5.82 Å². The van der Waals surface area contributed by atoms with Gasteiger partial charge in [-0.25, -0.2) is 4.98 Å². The van der Waals surface area contributed by atoms with Crippen molar-refractivity contribution >= 4 is 0 Å². The molecule has 1 saturated heterocycles. The molecule has 0 amide bonds. The van der Waals surface area contributed by atoms with E-state index in [0.717, 1.165) is 31.8 Å². The third kappa shape index (κ3) is 4.20. The molecular weight excluding hydrogens is 304 g/mol. The average Bonchev–Trinajstić information content (AvgIpc) is 3.17. The summed E-state index contributed by atoms with van der Waals surface area (Å²) < 4.78 is 13.3. The molecule has 3 rings (SSSR count). The molecule has 2 atom stereocenters. The normalized spacial score (nSPS) is 21.4. The first-order valence-electron chi connectivity index (χ1n) is 8.47. The van der Waals surface area contributed by atoms with Crippen LogP contribution in [0.1, 0.15) is 17.8 Å². The highest BCUT2D eigenvalue weighted by Gasteiger charge is 2.35. The summed E-state index contributed by atoms with van der Waals surface area (Å²) in [5, 5.41) is 0. The highest BCUT2D eigenvalue weighted by atomic mass is 16.5. The summed E-state index contributed by atoms with van der Waals surface area (Å²) in [4.78, 5) is 11.1. The molecule has 0 saturated carbocycles. The lowest BCUT2D eigenvalue weighted by molar-refractivity contribution is -0.00163. The molecule has 3 heterocycles. The van der Waals surface area contributed by atoms with Crippen LogP contribution in [0, 0.1) is 0 Å². The highest BCUT2D eigenvalue weighted by Crippen LogP contribution is 2.26. The lowest BCUT2D eigenvalue weighted by Gasteiger charge is -2.28. The van der Waals surface area contributed by atoms with E-state index in [1.165, 1.54) is 5.56 Å². The molecule has 0 radical (unpaired) electrons. The molecular formula is C18H26N4O2. The molecule has 1 fully saturated rings. The Morgan fingerprint density at radius 1 is 1.21 bits per heavy atom. The van der Waals surface area contributed by atoms with Crippen LogP contribution in [0.15, 0.2) is 36.9 Å². The Kier molecular flexibility index (Phi) is 5.96. The number of ether oxygens (including phenoxy) is 2. The van der Waals surface area contributed by atoms with E-state index in [2.05, 4.69) is 31.6 Å².